The molecule has 0 aromatic heterocycles. The maximum absolute atomic E-state index is 13.7. The molecule has 1 unspecified atom stereocenters. The van der Waals surface area contributed by atoms with Gasteiger partial charge in [-0.1, -0.05) is 35.9 Å². The number of rotatable bonds is 5. The van der Waals surface area contributed by atoms with E-state index in [-0.39, 0.29) is 12.0 Å². The summed E-state index contributed by atoms with van der Waals surface area (Å²) < 4.78 is 18.4. The Morgan fingerprint density at radius 3 is 2.43 bits per heavy atom. The maximum atomic E-state index is 13.7. The summed E-state index contributed by atoms with van der Waals surface area (Å²) in [6.45, 7) is 0. The van der Waals surface area contributed by atoms with Crippen molar-refractivity contribution < 1.29 is 18.7 Å². The lowest BCUT2D eigenvalue weighted by Crippen LogP contribution is -2.31. The molecule has 0 saturated carbocycles. The molecule has 1 amide bonds. The van der Waals surface area contributed by atoms with Gasteiger partial charge in [0.25, 0.3) is 5.91 Å². The molecule has 1 atom stereocenters. The number of carbonyl (C=O) groups excluding carboxylic acids is 2. The van der Waals surface area contributed by atoms with E-state index in [1.54, 1.807) is 30.3 Å². The Morgan fingerprint density at radius 1 is 1.17 bits per heavy atom. The molecule has 2 aromatic carbocycles. The average Bonchev–Trinajstić information content (AvgIpc) is 2.55. The van der Waals surface area contributed by atoms with E-state index in [0.717, 1.165) is 0 Å². The fourth-order valence-corrected chi connectivity index (χ4v) is 2.20. The van der Waals surface area contributed by atoms with Crippen molar-refractivity contribution in [3.05, 3.63) is 70.5 Å². The van der Waals surface area contributed by atoms with Gasteiger partial charge in [-0.05, 0) is 29.8 Å². The van der Waals surface area contributed by atoms with Crippen LogP contribution in [-0.2, 0) is 9.53 Å². The summed E-state index contributed by atoms with van der Waals surface area (Å²) >= 11 is 5.84. The third-order valence-corrected chi connectivity index (χ3v) is 3.55. The van der Waals surface area contributed by atoms with Crippen LogP contribution in [0.25, 0.3) is 0 Å². The van der Waals surface area contributed by atoms with Crippen molar-refractivity contribution in [1.29, 1.82) is 0 Å². The highest BCUT2D eigenvalue weighted by Crippen LogP contribution is 2.21. The van der Waals surface area contributed by atoms with Crippen molar-refractivity contribution in [3.8, 4) is 0 Å². The van der Waals surface area contributed by atoms with Crippen LogP contribution < -0.4 is 5.32 Å². The molecule has 0 aliphatic carbocycles. The average molecular weight is 336 g/mol. The standard InChI is InChI=1S/C17H15ClFNO3/c1-23-16(21)10-15(11-6-8-12(18)9-7-11)20-17(22)13-4-2-3-5-14(13)19/h2-9,15H,10H2,1H3,(H,20,22). The van der Waals surface area contributed by atoms with Crippen LogP contribution in [0.5, 0.6) is 0 Å². The third-order valence-electron chi connectivity index (χ3n) is 3.29. The van der Waals surface area contributed by atoms with E-state index in [1.165, 1.54) is 25.3 Å². The second-order valence-electron chi connectivity index (χ2n) is 4.84. The van der Waals surface area contributed by atoms with Crippen molar-refractivity contribution in [2.45, 2.75) is 12.5 Å². The zero-order chi connectivity index (χ0) is 16.8. The van der Waals surface area contributed by atoms with Gasteiger partial charge in [-0.15, -0.1) is 0 Å². The molecule has 1 N–H and O–H groups in total. The number of hydrogen-bond donors (Lipinski definition) is 1. The predicted molar refractivity (Wildman–Crippen MR) is 84.7 cm³/mol. The van der Waals surface area contributed by atoms with Gasteiger partial charge in [0.1, 0.15) is 5.82 Å². The van der Waals surface area contributed by atoms with Gasteiger partial charge in [-0.2, -0.15) is 0 Å². The normalized spacial score (nSPS) is 11.6. The van der Waals surface area contributed by atoms with Gasteiger partial charge < -0.3 is 10.1 Å². The highest BCUT2D eigenvalue weighted by atomic mass is 35.5. The summed E-state index contributed by atoms with van der Waals surface area (Å²) in [4.78, 5) is 23.8. The molecule has 0 bridgehead atoms. The van der Waals surface area contributed by atoms with Gasteiger partial charge >= 0.3 is 5.97 Å². The van der Waals surface area contributed by atoms with Crippen LogP contribution in [0.15, 0.2) is 48.5 Å². The number of hydrogen-bond acceptors (Lipinski definition) is 3. The molecule has 6 heteroatoms. The van der Waals surface area contributed by atoms with Gasteiger partial charge in [0, 0.05) is 5.02 Å². The fraction of sp³-hybridized carbons (Fsp3) is 0.176. The SMILES string of the molecule is COC(=O)CC(NC(=O)c1ccccc1F)c1ccc(Cl)cc1. The molecule has 0 fully saturated rings. The molecule has 0 aliphatic rings. The highest BCUT2D eigenvalue weighted by Gasteiger charge is 2.21. The summed E-state index contributed by atoms with van der Waals surface area (Å²) in [5.74, 6) is -1.72. The zero-order valence-corrected chi connectivity index (χ0v) is 13.1. The summed E-state index contributed by atoms with van der Waals surface area (Å²) in [6.07, 6.45) is -0.0711. The first-order valence-corrected chi connectivity index (χ1v) is 7.26. The van der Waals surface area contributed by atoms with Crippen molar-refractivity contribution in [2.75, 3.05) is 7.11 Å². The molecule has 0 saturated heterocycles. The van der Waals surface area contributed by atoms with Crippen LogP contribution >= 0.6 is 11.6 Å². The lowest BCUT2D eigenvalue weighted by molar-refractivity contribution is -0.141. The second kappa shape index (κ2) is 7.74. The van der Waals surface area contributed by atoms with E-state index in [2.05, 4.69) is 10.1 Å². The van der Waals surface area contributed by atoms with Crippen LogP contribution in [0.2, 0.25) is 5.02 Å². The Labute approximate surface area is 138 Å². The van der Waals surface area contributed by atoms with Crippen molar-refractivity contribution in [1.82, 2.24) is 5.32 Å². The topological polar surface area (TPSA) is 55.4 Å². The van der Waals surface area contributed by atoms with Crippen LogP contribution in [0.1, 0.15) is 28.4 Å². The minimum atomic E-state index is -0.646. The number of amides is 1. The van der Waals surface area contributed by atoms with Gasteiger partial charge in [0.2, 0.25) is 0 Å². The molecule has 4 nitrogen and oxygen atoms in total. The minimum Gasteiger partial charge on any atom is -0.469 e. The molecule has 0 spiro atoms. The first kappa shape index (κ1) is 17.0. The molecule has 120 valence electrons. The Balaban J connectivity index is 2.23. The molecule has 0 aliphatic heterocycles. The number of halogens is 2. The fourth-order valence-electron chi connectivity index (χ4n) is 2.08. The quantitative estimate of drug-likeness (QED) is 0.851. The van der Waals surface area contributed by atoms with Gasteiger partial charge in [-0.3, -0.25) is 9.59 Å². The molecule has 23 heavy (non-hydrogen) atoms. The number of esters is 1. The van der Waals surface area contributed by atoms with Gasteiger partial charge in [0.05, 0.1) is 25.1 Å². The molecular formula is C17H15ClFNO3. The van der Waals surface area contributed by atoms with E-state index in [9.17, 15) is 14.0 Å². The molecule has 2 rings (SSSR count). The van der Waals surface area contributed by atoms with Crippen LogP contribution in [0, 0.1) is 5.82 Å². The summed E-state index contributed by atoms with van der Waals surface area (Å²) in [5.41, 5.74) is 0.584. The minimum absolute atomic E-state index is 0.0711. The van der Waals surface area contributed by atoms with E-state index in [4.69, 9.17) is 11.6 Å². The first-order valence-electron chi connectivity index (χ1n) is 6.89. The van der Waals surface area contributed by atoms with E-state index in [0.29, 0.717) is 10.6 Å². The van der Waals surface area contributed by atoms with Gasteiger partial charge in [-0.25, -0.2) is 4.39 Å². The Kier molecular flexibility index (Phi) is 5.71. The van der Waals surface area contributed by atoms with Crippen molar-refractivity contribution >= 4 is 23.5 Å². The Hall–Kier alpha value is -2.40. The maximum Gasteiger partial charge on any atom is 0.307 e. The molecule has 0 radical (unpaired) electrons. The summed E-state index contributed by atoms with van der Waals surface area (Å²) in [7, 11) is 1.26. The third kappa shape index (κ3) is 4.53. The number of benzene rings is 2. The van der Waals surface area contributed by atoms with Crippen LogP contribution in [0.4, 0.5) is 4.39 Å². The second-order valence-corrected chi connectivity index (χ2v) is 5.27. The monoisotopic (exact) mass is 335 g/mol. The zero-order valence-electron chi connectivity index (χ0n) is 12.4. The van der Waals surface area contributed by atoms with E-state index < -0.39 is 23.7 Å². The number of nitrogens with one attached hydrogen (secondary N) is 1. The van der Waals surface area contributed by atoms with E-state index >= 15 is 0 Å². The lowest BCUT2D eigenvalue weighted by atomic mass is 10.0. The van der Waals surface area contributed by atoms with Crippen LogP contribution in [0.3, 0.4) is 0 Å². The van der Waals surface area contributed by atoms with Crippen LogP contribution in [-0.4, -0.2) is 19.0 Å². The van der Waals surface area contributed by atoms with Gasteiger partial charge in [0.15, 0.2) is 0 Å². The highest BCUT2D eigenvalue weighted by molar-refractivity contribution is 6.30. The number of ether oxygens (including phenoxy) is 1. The number of methoxy groups -OCH3 is 1. The molecule has 0 heterocycles. The smallest absolute Gasteiger partial charge is 0.307 e. The lowest BCUT2D eigenvalue weighted by Gasteiger charge is -2.18. The summed E-state index contributed by atoms with van der Waals surface area (Å²) in [5, 5.41) is 3.19. The molecular weight excluding hydrogens is 321 g/mol. The first-order chi connectivity index (χ1) is 11.0. The molecule has 2 aromatic rings. The Bertz CT molecular complexity index is 703. The summed E-state index contributed by atoms with van der Waals surface area (Å²) in [6, 6.07) is 11.7. The Morgan fingerprint density at radius 2 is 1.83 bits per heavy atom. The number of carbonyl (C=O) groups is 2. The largest absolute Gasteiger partial charge is 0.469 e. The van der Waals surface area contributed by atoms with Crippen molar-refractivity contribution in [3.63, 3.8) is 0 Å². The predicted octanol–water partition coefficient (Wildman–Crippen LogP) is 3.51. The van der Waals surface area contributed by atoms with E-state index in [1.807, 2.05) is 0 Å². The van der Waals surface area contributed by atoms with Crippen molar-refractivity contribution in [2.24, 2.45) is 0 Å².